The van der Waals surface area contributed by atoms with Crippen LogP contribution in [-0.4, -0.2) is 45.6 Å². The number of hydrogen-bond donors (Lipinski definition) is 2. The van der Waals surface area contributed by atoms with Crippen LogP contribution < -0.4 is 5.32 Å². The van der Waals surface area contributed by atoms with Crippen molar-refractivity contribution in [3.8, 4) is 0 Å². The van der Waals surface area contributed by atoms with Gasteiger partial charge in [-0.15, -0.1) is 0 Å². The van der Waals surface area contributed by atoms with Crippen molar-refractivity contribution in [2.24, 2.45) is 0 Å². The van der Waals surface area contributed by atoms with Crippen molar-refractivity contribution in [1.29, 1.82) is 0 Å². The Morgan fingerprint density at radius 1 is 1.38 bits per heavy atom. The summed E-state index contributed by atoms with van der Waals surface area (Å²) in [5, 5.41) is 9.88. The van der Waals surface area contributed by atoms with Gasteiger partial charge in [0.15, 0.2) is 0 Å². The molecule has 0 aromatic carbocycles. The number of alkyl halides is 3. The SMILES string of the molecule is O=C(Cc1cccc(C(F)(F)F)n1)N1CCNC(c2cn[nH]c2)C1. The fourth-order valence-corrected chi connectivity index (χ4v) is 2.65. The highest BCUT2D eigenvalue weighted by Gasteiger charge is 2.32. The Morgan fingerprint density at radius 2 is 2.21 bits per heavy atom. The van der Waals surface area contributed by atoms with E-state index in [1.165, 1.54) is 12.1 Å². The Labute approximate surface area is 136 Å². The number of carbonyl (C=O) groups is 1. The lowest BCUT2D eigenvalue weighted by Gasteiger charge is -2.33. The number of piperazine rings is 1. The molecular weight excluding hydrogens is 323 g/mol. The molecule has 1 aliphatic heterocycles. The highest BCUT2D eigenvalue weighted by molar-refractivity contribution is 5.78. The molecule has 9 heteroatoms. The average Bonchev–Trinajstić information content (AvgIpc) is 3.09. The predicted molar refractivity (Wildman–Crippen MR) is 78.9 cm³/mol. The van der Waals surface area contributed by atoms with Crippen molar-refractivity contribution in [1.82, 2.24) is 25.4 Å². The lowest BCUT2D eigenvalue weighted by atomic mass is 10.1. The second-order valence-corrected chi connectivity index (χ2v) is 5.57. The summed E-state index contributed by atoms with van der Waals surface area (Å²) in [5.41, 5.74) is 0.0716. The van der Waals surface area contributed by atoms with Gasteiger partial charge in [-0.2, -0.15) is 18.3 Å². The van der Waals surface area contributed by atoms with Crippen molar-refractivity contribution >= 4 is 5.91 Å². The molecule has 2 aromatic rings. The molecular formula is C15H16F3N5O. The number of rotatable bonds is 3. The second kappa shape index (κ2) is 6.60. The first-order valence-electron chi connectivity index (χ1n) is 7.46. The molecule has 0 bridgehead atoms. The first kappa shape index (κ1) is 16.4. The first-order chi connectivity index (χ1) is 11.4. The molecule has 1 saturated heterocycles. The normalized spacial score (nSPS) is 18.6. The van der Waals surface area contributed by atoms with Crippen LogP contribution in [0.3, 0.4) is 0 Å². The van der Waals surface area contributed by atoms with Gasteiger partial charge in [0.05, 0.1) is 24.4 Å². The molecule has 0 radical (unpaired) electrons. The molecule has 24 heavy (non-hydrogen) atoms. The van der Waals surface area contributed by atoms with E-state index in [-0.39, 0.29) is 24.1 Å². The number of halogens is 3. The number of nitrogens with one attached hydrogen (secondary N) is 2. The Hall–Kier alpha value is -2.42. The van der Waals surface area contributed by atoms with E-state index in [9.17, 15) is 18.0 Å². The van der Waals surface area contributed by atoms with Crippen LogP contribution in [0.1, 0.15) is 23.0 Å². The molecule has 0 saturated carbocycles. The molecule has 1 atom stereocenters. The number of aromatic nitrogens is 3. The van der Waals surface area contributed by atoms with Gasteiger partial charge in [0.2, 0.25) is 5.91 Å². The largest absolute Gasteiger partial charge is 0.433 e. The van der Waals surface area contributed by atoms with Crippen LogP contribution in [0.5, 0.6) is 0 Å². The van der Waals surface area contributed by atoms with E-state index in [2.05, 4.69) is 20.5 Å². The average molecular weight is 339 g/mol. The first-order valence-corrected chi connectivity index (χ1v) is 7.46. The summed E-state index contributed by atoms with van der Waals surface area (Å²) in [6, 6.07) is 3.55. The van der Waals surface area contributed by atoms with Crippen LogP contribution in [0, 0.1) is 0 Å². The predicted octanol–water partition coefficient (Wildman–Crippen LogP) is 1.54. The van der Waals surface area contributed by atoms with Crippen molar-refractivity contribution in [3.63, 3.8) is 0 Å². The van der Waals surface area contributed by atoms with Crippen molar-refractivity contribution in [2.45, 2.75) is 18.6 Å². The summed E-state index contributed by atoms with van der Waals surface area (Å²) in [5.74, 6) is -0.239. The minimum Gasteiger partial charge on any atom is -0.339 e. The van der Waals surface area contributed by atoms with Crippen LogP contribution in [0.2, 0.25) is 0 Å². The molecule has 128 valence electrons. The fraction of sp³-hybridized carbons (Fsp3) is 0.400. The van der Waals surface area contributed by atoms with E-state index < -0.39 is 11.9 Å². The number of hydrogen-bond acceptors (Lipinski definition) is 4. The highest BCUT2D eigenvalue weighted by atomic mass is 19.4. The topological polar surface area (TPSA) is 73.9 Å². The summed E-state index contributed by atoms with van der Waals surface area (Å²) in [6.45, 7) is 1.56. The quantitative estimate of drug-likeness (QED) is 0.890. The van der Waals surface area contributed by atoms with E-state index in [1.807, 2.05) is 0 Å². The van der Waals surface area contributed by atoms with Crippen LogP contribution in [-0.2, 0) is 17.4 Å². The minimum absolute atomic E-state index is 0.0454. The third-order valence-electron chi connectivity index (χ3n) is 3.88. The van der Waals surface area contributed by atoms with E-state index >= 15 is 0 Å². The van der Waals surface area contributed by atoms with E-state index in [4.69, 9.17) is 0 Å². The summed E-state index contributed by atoms with van der Waals surface area (Å²) in [6.07, 6.45) is -1.23. The fourth-order valence-electron chi connectivity index (χ4n) is 2.65. The van der Waals surface area contributed by atoms with Crippen molar-refractivity contribution in [3.05, 3.63) is 47.5 Å². The van der Waals surface area contributed by atoms with Gasteiger partial charge in [-0.3, -0.25) is 9.89 Å². The van der Waals surface area contributed by atoms with E-state index in [0.717, 1.165) is 11.6 Å². The standard InChI is InChI=1S/C15H16F3N5O/c16-15(17,18)13-3-1-2-11(22-13)6-14(24)23-5-4-19-12(9-23)10-7-20-21-8-10/h1-3,7-8,12,19H,4-6,9H2,(H,20,21). The molecule has 0 aliphatic carbocycles. The number of amides is 1. The van der Waals surface area contributed by atoms with Gasteiger partial charge in [-0.05, 0) is 12.1 Å². The molecule has 1 fully saturated rings. The van der Waals surface area contributed by atoms with Crippen LogP contribution in [0.25, 0.3) is 0 Å². The van der Waals surface area contributed by atoms with Gasteiger partial charge in [0.25, 0.3) is 0 Å². The zero-order valence-corrected chi connectivity index (χ0v) is 12.7. The number of pyridine rings is 1. The third-order valence-corrected chi connectivity index (χ3v) is 3.88. The molecule has 0 spiro atoms. The van der Waals surface area contributed by atoms with Crippen LogP contribution in [0.15, 0.2) is 30.6 Å². The van der Waals surface area contributed by atoms with Gasteiger partial charge in [-0.1, -0.05) is 6.07 Å². The molecule has 3 heterocycles. The molecule has 1 aliphatic rings. The molecule has 1 unspecified atom stereocenters. The number of aromatic amines is 1. The molecule has 1 amide bonds. The maximum atomic E-state index is 12.7. The summed E-state index contributed by atoms with van der Waals surface area (Å²) in [4.78, 5) is 17.6. The lowest BCUT2D eigenvalue weighted by Crippen LogP contribution is -2.48. The smallest absolute Gasteiger partial charge is 0.339 e. The Balaban J connectivity index is 1.66. The van der Waals surface area contributed by atoms with Gasteiger partial charge >= 0.3 is 6.18 Å². The van der Waals surface area contributed by atoms with Crippen LogP contribution in [0.4, 0.5) is 13.2 Å². The van der Waals surface area contributed by atoms with E-state index in [0.29, 0.717) is 19.6 Å². The van der Waals surface area contributed by atoms with Crippen molar-refractivity contribution in [2.75, 3.05) is 19.6 Å². The van der Waals surface area contributed by atoms with Gasteiger partial charge < -0.3 is 10.2 Å². The monoisotopic (exact) mass is 339 g/mol. The van der Waals surface area contributed by atoms with Gasteiger partial charge in [0, 0.05) is 31.4 Å². The zero-order chi connectivity index (χ0) is 17.2. The van der Waals surface area contributed by atoms with E-state index in [1.54, 1.807) is 17.3 Å². The van der Waals surface area contributed by atoms with Crippen molar-refractivity contribution < 1.29 is 18.0 Å². The summed E-state index contributed by atoms with van der Waals surface area (Å²) < 4.78 is 38.1. The molecule has 6 nitrogen and oxygen atoms in total. The molecule has 3 rings (SSSR count). The van der Waals surface area contributed by atoms with Gasteiger partial charge in [0.1, 0.15) is 5.69 Å². The second-order valence-electron chi connectivity index (χ2n) is 5.57. The Morgan fingerprint density at radius 3 is 2.92 bits per heavy atom. The molecule has 2 aromatic heterocycles. The Bertz CT molecular complexity index is 701. The summed E-state index contributed by atoms with van der Waals surface area (Å²) >= 11 is 0. The maximum absolute atomic E-state index is 12.7. The maximum Gasteiger partial charge on any atom is 0.433 e. The highest BCUT2D eigenvalue weighted by Crippen LogP contribution is 2.27. The van der Waals surface area contributed by atoms with Gasteiger partial charge in [-0.25, -0.2) is 4.98 Å². The minimum atomic E-state index is -4.51. The number of H-pyrrole nitrogens is 1. The Kier molecular flexibility index (Phi) is 4.52. The summed E-state index contributed by atoms with van der Waals surface area (Å²) in [7, 11) is 0. The lowest BCUT2D eigenvalue weighted by molar-refractivity contribution is -0.141. The third kappa shape index (κ3) is 3.73. The number of carbonyl (C=O) groups excluding carboxylic acids is 1. The zero-order valence-electron chi connectivity index (χ0n) is 12.7. The molecule has 2 N–H and O–H groups in total. The van der Waals surface area contributed by atoms with Crippen LogP contribution >= 0.6 is 0 Å². The number of nitrogens with zero attached hydrogens (tertiary/aromatic N) is 3.